The number of hydrogen-bond acceptors (Lipinski definition) is 1. The molecule has 0 radical (unpaired) electrons. The molecule has 0 amide bonds. The Hall–Kier alpha value is -0.460. The summed E-state index contributed by atoms with van der Waals surface area (Å²) >= 11 is 0. The monoisotopic (exact) mass is 265 g/mol. The van der Waals surface area contributed by atoms with E-state index in [1.165, 1.54) is 37.8 Å². The molecule has 1 rings (SSSR count). The lowest BCUT2D eigenvalue weighted by Gasteiger charge is -2.43. The smallest absolute Gasteiger partial charge is 0.0339 e. The predicted molar refractivity (Wildman–Crippen MR) is 86.2 cm³/mol. The first kappa shape index (κ1) is 16.6. The van der Waals surface area contributed by atoms with Crippen molar-refractivity contribution in [1.82, 2.24) is 4.90 Å². The zero-order valence-electron chi connectivity index (χ0n) is 14.3. The summed E-state index contributed by atoms with van der Waals surface area (Å²) in [5.41, 5.74) is 2.01. The number of allylic oxidation sites excluding steroid dienone is 1. The van der Waals surface area contributed by atoms with Gasteiger partial charge in [0.05, 0.1) is 0 Å². The Labute approximate surface area is 121 Å². The van der Waals surface area contributed by atoms with Crippen LogP contribution >= 0.6 is 0 Å². The first-order valence-electron chi connectivity index (χ1n) is 8.04. The van der Waals surface area contributed by atoms with Crippen molar-refractivity contribution in [3.8, 4) is 0 Å². The standard InChI is InChI=1S/C18H35N/c1-9-13-18(6,7)19(8)14(2)15-11-10-12-16(15)17(3,4)5/h15-16H,2,9-13H2,1,3-8H3. The third-order valence-corrected chi connectivity index (χ3v) is 5.26. The lowest BCUT2D eigenvalue weighted by atomic mass is 9.73. The Bertz CT molecular complexity index is 308. The Balaban J connectivity index is 2.82. The maximum atomic E-state index is 4.47. The van der Waals surface area contributed by atoms with E-state index in [9.17, 15) is 0 Å². The van der Waals surface area contributed by atoms with Crippen LogP contribution in [0.3, 0.4) is 0 Å². The maximum absolute atomic E-state index is 4.47. The highest BCUT2D eigenvalue weighted by atomic mass is 15.2. The third-order valence-electron chi connectivity index (χ3n) is 5.26. The molecule has 1 aliphatic rings. The van der Waals surface area contributed by atoms with Gasteiger partial charge in [-0.15, -0.1) is 0 Å². The summed E-state index contributed by atoms with van der Waals surface area (Å²) in [6, 6.07) is 0. The number of nitrogens with zero attached hydrogens (tertiary/aromatic N) is 1. The molecule has 0 heterocycles. The second-order valence-electron chi connectivity index (χ2n) is 8.12. The fourth-order valence-corrected chi connectivity index (χ4v) is 3.81. The molecule has 1 fully saturated rings. The van der Waals surface area contributed by atoms with Crippen molar-refractivity contribution in [2.75, 3.05) is 7.05 Å². The van der Waals surface area contributed by atoms with E-state index in [4.69, 9.17) is 0 Å². The minimum atomic E-state index is 0.233. The van der Waals surface area contributed by atoms with Crippen LogP contribution in [0.4, 0.5) is 0 Å². The fourth-order valence-electron chi connectivity index (χ4n) is 3.81. The molecule has 112 valence electrons. The van der Waals surface area contributed by atoms with Crippen LogP contribution in [0, 0.1) is 17.3 Å². The average molecular weight is 265 g/mol. The first-order chi connectivity index (χ1) is 8.61. The molecule has 1 heteroatoms. The highest BCUT2D eigenvalue weighted by Gasteiger charge is 2.39. The summed E-state index contributed by atoms with van der Waals surface area (Å²) in [5.74, 6) is 1.47. The van der Waals surface area contributed by atoms with Crippen LogP contribution in [0.15, 0.2) is 12.3 Å². The fraction of sp³-hybridized carbons (Fsp3) is 0.889. The second-order valence-corrected chi connectivity index (χ2v) is 8.12. The zero-order valence-corrected chi connectivity index (χ0v) is 14.3. The molecule has 0 aromatic rings. The summed E-state index contributed by atoms with van der Waals surface area (Å²) in [6.07, 6.45) is 6.53. The van der Waals surface area contributed by atoms with Crippen molar-refractivity contribution < 1.29 is 0 Å². The quantitative estimate of drug-likeness (QED) is 0.637. The van der Waals surface area contributed by atoms with Gasteiger partial charge in [0, 0.05) is 24.2 Å². The van der Waals surface area contributed by atoms with Gasteiger partial charge in [0.15, 0.2) is 0 Å². The van der Waals surface area contributed by atoms with E-state index in [1.54, 1.807) is 0 Å². The molecule has 1 nitrogen and oxygen atoms in total. The lowest BCUT2D eigenvalue weighted by molar-refractivity contribution is 0.132. The van der Waals surface area contributed by atoms with Crippen LogP contribution < -0.4 is 0 Å². The first-order valence-corrected chi connectivity index (χ1v) is 8.04. The van der Waals surface area contributed by atoms with E-state index in [0.717, 1.165) is 5.92 Å². The molecule has 19 heavy (non-hydrogen) atoms. The zero-order chi connectivity index (χ0) is 14.8. The molecule has 0 bridgehead atoms. The molecule has 2 atom stereocenters. The molecule has 0 aliphatic heterocycles. The molecule has 0 spiro atoms. The van der Waals surface area contributed by atoms with E-state index in [-0.39, 0.29) is 5.54 Å². The van der Waals surface area contributed by atoms with Gasteiger partial charge < -0.3 is 4.90 Å². The molecular weight excluding hydrogens is 230 g/mol. The molecule has 0 aromatic carbocycles. The Morgan fingerprint density at radius 2 is 1.74 bits per heavy atom. The van der Waals surface area contributed by atoms with Gasteiger partial charge in [0.2, 0.25) is 0 Å². The summed E-state index contributed by atoms with van der Waals surface area (Å²) < 4.78 is 0. The summed E-state index contributed by atoms with van der Waals surface area (Å²) in [6.45, 7) is 18.6. The van der Waals surface area contributed by atoms with Crippen LogP contribution in [-0.4, -0.2) is 17.5 Å². The van der Waals surface area contributed by atoms with Crippen LogP contribution in [0.25, 0.3) is 0 Å². The largest absolute Gasteiger partial charge is 0.373 e. The van der Waals surface area contributed by atoms with Gasteiger partial charge in [-0.3, -0.25) is 0 Å². The van der Waals surface area contributed by atoms with Gasteiger partial charge in [0.25, 0.3) is 0 Å². The van der Waals surface area contributed by atoms with Crippen LogP contribution in [-0.2, 0) is 0 Å². The number of rotatable bonds is 5. The van der Waals surface area contributed by atoms with Crippen molar-refractivity contribution in [2.24, 2.45) is 17.3 Å². The van der Waals surface area contributed by atoms with Crippen LogP contribution in [0.2, 0.25) is 0 Å². The Morgan fingerprint density at radius 3 is 2.21 bits per heavy atom. The van der Waals surface area contributed by atoms with Crippen LogP contribution in [0.1, 0.15) is 73.6 Å². The number of hydrogen-bond donors (Lipinski definition) is 0. The van der Waals surface area contributed by atoms with Crippen molar-refractivity contribution in [3.05, 3.63) is 12.3 Å². The third kappa shape index (κ3) is 3.77. The highest BCUT2D eigenvalue weighted by molar-refractivity contribution is 5.09. The minimum absolute atomic E-state index is 0.233. The van der Waals surface area contributed by atoms with Crippen molar-refractivity contribution in [1.29, 1.82) is 0 Å². The van der Waals surface area contributed by atoms with Gasteiger partial charge in [-0.2, -0.15) is 0 Å². The minimum Gasteiger partial charge on any atom is -0.373 e. The molecule has 1 saturated carbocycles. The predicted octanol–water partition coefficient (Wildman–Crippen LogP) is 5.47. The summed E-state index contributed by atoms with van der Waals surface area (Å²) in [7, 11) is 2.25. The van der Waals surface area contributed by atoms with Gasteiger partial charge in [-0.25, -0.2) is 0 Å². The van der Waals surface area contributed by atoms with E-state index >= 15 is 0 Å². The van der Waals surface area contributed by atoms with Gasteiger partial charge in [0.1, 0.15) is 0 Å². The molecule has 1 aliphatic carbocycles. The van der Waals surface area contributed by atoms with Crippen molar-refractivity contribution >= 4 is 0 Å². The van der Waals surface area contributed by atoms with E-state index < -0.39 is 0 Å². The SMILES string of the molecule is C=C(C1CCCC1C(C)(C)C)N(C)C(C)(C)CCC. The molecule has 0 aromatic heterocycles. The molecule has 0 saturated heterocycles. The Morgan fingerprint density at radius 1 is 1.16 bits per heavy atom. The second kappa shape index (κ2) is 5.89. The van der Waals surface area contributed by atoms with Crippen LogP contribution in [0.5, 0.6) is 0 Å². The van der Waals surface area contributed by atoms with E-state index in [2.05, 4.69) is 60.1 Å². The summed E-state index contributed by atoms with van der Waals surface area (Å²) in [4.78, 5) is 2.46. The van der Waals surface area contributed by atoms with Gasteiger partial charge in [-0.05, 0) is 44.4 Å². The van der Waals surface area contributed by atoms with Gasteiger partial charge >= 0.3 is 0 Å². The maximum Gasteiger partial charge on any atom is 0.0339 e. The molecule has 2 unspecified atom stereocenters. The Kier molecular flexibility index (Phi) is 5.15. The lowest BCUT2D eigenvalue weighted by Crippen LogP contribution is -2.43. The topological polar surface area (TPSA) is 3.24 Å². The highest BCUT2D eigenvalue weighted by Crippen LogP contribution is 2.47. The molecule has 0 N–H and O–H groups in total. The normalized spacial score (nSPS) is 24.6. The van der Waals surface area contributed by atoms with Crippen molar-refractivity contribution in [3.63, 3.8) is 0 Å². The molecular formula is C18H35N. The van der Waals surface area contributed by atoms with Crippen molar-refractivity contribution in [2.45, 2.75) is 79.2 Å². The van der Waals surface area contributed by atoms with Gasteiger partial charge in [-0.1, -0.05) is 47.1 Å². The van der Waals surface area contributed by atoms with E-state index in [0.29, 0.717) is 11.3 Å². The summed E-state index contributed by atoms with van der Waals surface area (Å²) in [5, 5.41) is 0. The van der Waals surface area contributed by atoms with E-state index in [1.807, 2.05) is 0 Å². The average Bonchev–Trinajstić information content (AvgIpc) is 2.75.